The Balaban J connectivity index is 5.21. The molecule has 0 radical (unpaired) electrons. The van der Waals surface area contributed by atoms with Crippen LogP contribution in [0.4, 0.5) is 0 Å². The van der Waals surface area contributed by atoms with Crippen molar-refractivity contribution in [2.24, 2.45) is 0 Å². The molecule has 0 aliphatic carbocycles. The third kappa shape index (κ3) is 2.47. The van der Waals surface area contributed by atoms with Gasteiger partial charge in [-0.15, -0.1) is 0 Å². The van der Waals surface area contributed by atoms with E-state index < -0.39 is 43.3 Å². The number of aliphatic hydroxyl groups excluding tert-OH is 3. The van der Waals surface area contributed by atoms with Crippen molar-refractivity contribution in [3.05, 3.63) is 0 Å². The van der Waals surface area contributed by atoms with E-state index in [1.165, 1.54) is 0 Å². The van der Waals surface area contributed by atoms with Crippen molar-refractivity contribution in [3.8, 4) is 0 Å². The maximum absolute atomic E-state index is 10.9. The Morgan fingerprint density at radius 2 is 1.62 bits per heavy atom. The van der Waals surface area contributed by atoms with Crippen LogP contribution in [0.2, 0.25) is 0 Å². The summed E-state index contributed by atoms with van der Waals surface area (Å²) in [6.07, 6.45) is 0. The van der Waals surface area contributed by atoms with Crippen LogP contribution in [0.5, 0.6) is 0 Å². The lowest BCUT2D eigenvalue weighted by Crippen LogP contribution is -2.63. The molecule has 16 heavy (non-hydrogen) atoms. The lowest BCUT2D eigenvalue weighted by molar-refractivity contribution is -0.165. The summed E-state index contributed by atoms with van der Waals surface area (Å²) in [4.78, 5) is 22.4. The summed E-state index contributed by atoms with van der Waals surface area (Å²) < 4.78 is 0. The molecule has 0 aliphatic rings. The Kier molecular flexibility index (Phi) is 5.31. The number of carboxylic acids is 2. The highest BCUT2D eigenvalue weighted by Crippen LogP contribution is 2.16. The zero-order chi connectivity index (χ0) is 12.9. The van der Waals surface area contributed by atoms with Crippen LogP contribution in [0, 0.1) is 0 Å². The normalized spacial score (nSPS) is 13.8. The van der Waals surface area contributed by atoms with E-state index in [0.717, 1.165) is 11.9 Å². The van der Waals surface area contributed by atoms with Crippen molar-refractivity contribution in [2.75, 3.05) is 26.9 Å². The van der Waals surface area contributed by atoms with Crippen LogP contribution in [0.1, 0.15) is 0 Å². The molecule has 8 heteroatoms. The van der Waals surface area contributed by atoms with Gasteiger partial charge in [0.05, 0.1) is 19.8 Å². The molecule has 0 rings (SSSR count). The standard InChI is InChI=1S/C8H15NO7/c1-9(5(2-10)6(13)14)8(3-11,4-12)7(15)16/h5,10-12H,2-4H2,1H3,(H,13,14)(H,15,16). The SMILES string of the molecule is CN(C(CO)C(=O)O)C(CO)(CO)C(=O)O. The summed E-state index contributed by atoms with van der Waals surface area (Å²) in [6, 6.07) is -1.52. The van der Waals surface area contributed by atoms with Crippen molar-refractivity contribution < 1.29 is 35.1 Å². The van der Waals surface area contributed by atoms with E-state index in [1.54, 1.807) is 0 Å². The van der Waals surface area contributed by atoms with Gasteiger partial charge in [0, 0.05) is 0 Å². The van der Waals surface area contributed by atoms with Crippen LogP contribution in [-0.4, -0.2) is 80.8 Å². The van der Waals surface area contributed by atoms with Crippen LogP contribution < -0.4 is 0 Å². The molecule has 5 N–H and O–H groups in total. The predicted molar refractivity (Wildman–Crippen MR) is 50.8 cm³/mol. The van der Waals surface area contributed by atoms with Crippen LogP contribution in [0.3, 0.4) is 0 Å². The largest absolute Gasteiger partial charge is 0.480 e. The summed E-state index contributed by atoms with van der Waals surface area (Å²) >= 11 is 0. The van der Waals surface area contributed by atoms with Crippen molar-refractivity contribution in [1.82, 2.24) is 4.90 Å². The first-order chi connectivity index (χ1) is 7.37. The maximum Gasteiger partial charge on any atom is 0.328 e. The van der Waals surface area contributed by atoms with Gasteiger partial charge in [-0.25, -0.2) is 0 Å². The number of aliphatic hydroxyl groups is 3. The lowest BCUT2D eigenvalue weighted by Gasteiger charge is -2.37. The second-order valence-corrected chi connectivity index (χ2v) is 3.30. The maximum atomic E-state index is 10.9. The van der Waals surface area contributed by atoms with E-state index in [-0.39, 0.29) is 0 Å². The number of likely N-dealkylation sites (N-methyl/N-ethyl adjacent to an activating group) is 1. The summed E-state index contributed by atoms with van der Waals surface area (Å²) in [6.45, 7) is -2.78. The van der Waals surface area contributed by atoms with E-state index in [1.807, 2.05) is 0 Å². The number of hydrogen-bond donors (Lipinski definition) is 5. The minimum absolute atomic E-state index is 0.720. The van der Waals surface area contributed by atoms with Crippen molar-refractivity contribution in [3.63, 3.8) is 0 Å². The summed E-state index contributed by atoms with van der Waals surface area (Å²) in [5.41, 5.74) is -2.13. The first kappa shape index (κ1) is 14.8. The summed E-state index contributed by atoms with van der Waals surface area (Å²) in [5.74, 6) is -3.02. The van der Waals surface area contributed by atoms with E-state index in [9.17, 15) is 9.59 Å². The van der Waals surface area contributed by atoms with E-state index in [0.29, 0.717) is 0 Å². The average Bonchev–Trinajstić information content (AvgIpc) is 2.20. The highest BCUT2D eigenvalue weighted by molar-refractivity contribution is 5.81. The molecule has 94 valence electrons. The molecule has 0 saturated heterocycles. The lowest BCUT2D eigenvalue weighted by atomic mass is 9.98. The van der Waals surface area contributed by atoms with Crippen LogP contribution in [0.15, 0.2) is 0 Å². The fourth-order valence-corrected chi connectivity index (χ4v) is 1.22. The van der Waals surface area contributed by atoms with Gasteiger partial charge >= 0.3 is 11.9 Å². The fraction of sp³-hybridized carbons (Fsp3) is 0.750. The van der Waals surface area contributed by atoms with Gasteiger partial charge < -0.3 is 25.5 Å². The molecule has 0 aromatic heterocycles. The minimum atomic E-state index is -2.13. The molecule has 0 aliphatic heterocycles. The molecule has 0 spiro atoms. The number of carboxylic acid groups (broad SMARTS) is 2. The number of carbonyl (C=O) groups is 2. The second-order valence-electron chi connectivity index (χ2n) is 3.30. The van der Waals surface area contributed by atoms with Gasteiger partial charge in [-0.2, -0.15) is 0 Å². The second kappa shape index (κ2) is 5.75. The van der Waals surface area contributed by atoms with Crippen LogP contribution >= 0.6 is 0 Å². The minimum Gasteiger partial charge on any atom is -0.480 e. The molecule has 0 fully saturated rings. The molecule has 0 heterocycles. The molecular weight excluding hydrogens is 222 g/mol. The summed E-state index contributed by atoms with van der Waals surface area (Å²) in [5, 5.41) is 44.4. The third-order valence-electron chi connectivity index (χ3n) is 2.52. The Bertz CT molecular complexity index is 263. The molecule has 0 amide bonds. The molecule has 1 atom stereocenters. The number of nitrogens with zero attached hydrogens (tertiary/aromatic N) is 1. The van der Waals surface area contributed by atoms with Crippen molar-refractivity contribution in [2.45, 2.75) is 11.6 Å². The van der Waals surface area contributed by atoms with Gasteiger partial charge in [0.2, 0.25) is 0 Å². The molecule has 0 aromatic carbocycles. The zero-order valence-corrected chi connectivity index (χ0v) is 8.70. The highest BCUT2D eigenvalue weighted by atomic mass is 16.4. The summed E-state index contributed by atoms with van der Waals surface area (Å²) in [7, 11) is 1.09. The molecule has 1 unspecified atom stereocenters. The Morgan fingerprint density at radius 3 is 1.81 bits per heavy atom. The molecular formula is C8H15NO7. The monoisotopic (exact) mass is 237 g/mol. The van der Waals surface area contributed by atoms with Gasteiger partial charge in [0.25, 0.3) is 0 Å². The molecule has 0 bridgehead atoms. The molecule has 0 aromatic rings. The van der Waals surface area contributed by atoms with E-state index in [4.69, 9.17) is 25.5 Å². The van der Waals surface area contributed by atoms with Crippen molar-refractivity contribution >= 4 is 11.9 Å². The van der Waals surface area contributed by atoms with Gasteiger partial charge in [-0.3, -0.25) is 14.5 Å². The Morgan fingerprint density at radius 1 is 1.19 bits per heavy atom. The van der Waals surface area contributed by atoms with Gasteiger partial charge in [0.1, 0.15) is 6.04 Å². The number of aliphatic carboxylic acids is 2. The quantitative estimate of drug-likeness (QED) is 0.319. The van der Waals surface area contributed by atoms with Crippen molar-refractivity contribution in [1.29, 1.82) is 0 Å². The average molecular weight is 237 g/mol. The van der Waals surface area contributed by atoms with E-state index >= 15 is 0 Å². The number of rotatable bonds is 7. The third-order valence-corrected chi connectivity index (χ3v) is 2.52. The first-order valence-corrected chi connectivity index (χ1v) is 4.39. The smallest absolute Gasteiger partial charge is 0.328 e. The molecule has 0 saturated carbocycles. The van der Waals surface area contributed by atoms with Gasteiger partial charge in [0.15, 0.2) is 5.54 Å². The van der Waals surface area contributed by atoms with E-state index in [2.05, 4.69) is 0 Å². The number of hydrogen-bond acceptors (Lipinski definition) is 6. The Hall–Kier alpha value is -1.22. The van der Waals surface area contributed by atoms with Gasteiger partial charge in [-0.05, 0) is 7.05 Å². The van der Waals surface area contributed by atoms with Gasteiger partial charge in [-0.1, -0.05) is 0 Å². The first-order valence-electron chi connectivity index (χ1n) is 4.39. The zero-order valence-electron chi connectivity index (χ0n) is 8.70. The highest BCUT2D eigenvalue weighted by Gasteiger charge is 2.46. The van der Waals surface area contributed by atoms with Crippen LogP contribution in [-0.2, 0) is 9.59 Å². The predicted octanol–water partition coefficient (Wildman–Crippen LogP) is -2.83. The Labute approximate surface area is 91.3 Å². The van der Waals surface area contributed by atoms with Crippen LogP contribution in [0.25, 0.3) is 0 Å². The fourth-order valence-electron chi connectivity index (χ4n) is 1.22. The topological polar surface area (TPSA) is 139 Å². The molecule has 8 nitrogen and oxygen atoms in total.